The maximum absolute atomic E-state index is 10.4. The molecule has 0 heterocycles. The summed E-state index contributed by atoms with van der Waals surface area (Å²) in [5.74, 6) is -1.55. The molecule has 3 N–H and O–H groups in total. The van der Waals surface area contributed by atoms with Crippen molar-refractivity contribution in [1.29, 1.82) is 0 Å². The molecule has 0 bridgehead atoms. The Balaban J connectivity index is 4.10. The number of hydrogen-bond donors (Lipinski definition) is 3. The SMILES string of the molecule is C[N+](C)(C)C[C@H](O)P(=O)(O)O. The molecule has 11 heavy (non-hydrogen) atoms. The van der Waals surface area contributed by atoms with Crippen LogP contribution in [0.3, 0.4) is 0 Å². The summed E-state index contributed by atoms with van der Waals surface area (Å²) in [5.41, 5.74) is 0. The fraction of sp³-hybridized carbons (Fsp3) is 1.00. The number of aliphatic hydroxyl groups excluding tert-OH is 1. The quantitative estimate of drug-likeness (QED) is 0.396. The average molecular weight is 184 g/mol. The van der Waals surface area contributed by atoms with Crippen LogP contribution in [0.25, 0.3) is 0 Å². The molecule has 0 fully saturated rings. The molecule has 0 aliphatic carbocycles. The normalized spacial score (nSPS) is 16.5. The van der Waals surface area contributed by atoms with E-state index in [9.17, 15) is 4.57 Å². The van der Waals surface area contributed by atoms with Crippen LogP contribution in [0.15, 0.2) is 0 Å². The molecular weight excluding hydrogens is 169 g/mol. The average Bonchev–Trinajstić information content (AvgIpc) is 1.56. The van der Waals surface area contributed by atoms with Crippen LogP contribution < -0.4 is 0 Å². The minimum Gasteiger partial charge on any atom is -0.376 e. The summed E-state index contributed by atoms with van der Waals surface area (Å²) in [6, 6.07) is 0. The highest BCUT2D eigenvalue weighted by molar-refractivity contribution is 7.52. The highest BCUT2D eigenvalue weighted by atomic mass is 31.2. The lowest BCUT2D eigenvalue weighted by molar-refractivity contribution is -0.872. The zero-order chi connectivity index (χ0) is 9.28. The molecule has 0 aromatic heterocycles. The van der Waals surface area contributed by atoms with Crippen molar-refractivity contribution in [2.24, 2.45) is 0 Å². The van der Waals surface area contributed by atoms with Gasteiger partial charge in [-0.25, -0.2) is 0 Å². The molecule has 0 aromatic rings. The molecule has 1 atom stereocenters. The van der Waals surface area contributed by atoms with Crippen LogP contribution in [-0.2, 0) is 4.57 Å². The third-order valence-corrected chi connectivity index (χ3v) is 2.04. The summed E-state index contributed by atoms with van der Waals surface area (Å²) in [7, 11) is 0.933. The first-order valence-electron chi connectivity index (χ1n) is 3.17. The van der Waals surface area contributed by atoms with Crippen molar-refractivity contribution in [2.75, 3.05) is 27.7 Å². The van der Waals surface area contributed by atoms with Crippen LogP contribution in [0.4, 0.5) is 0 Å². The Hall–Kier alpha value is 0.0700. The largest absolute Gasteiger partial charge is 0.376 e. The molecule has 0 aromatic carbocycles. The maximum atomic E-state index is 10.4. The van der Waals surface area contributed by atoms with E-state index < -0.39 is 13.4 Å². The van der Waals surface area contributed by atoms with E-state index >= 15 is 0 Å². The van der Waals surface area contributed by atoms with Gasteiger partial charge in [0.15, 0.2) is 0 Å². The Morgan fingerprint density at radius 3 is 1.82 bits per heavy atom. The minimum absolute atomic E-state index is 0.0459. The lowest BCUT2D eigenvalue weighted by Crippen LogP contribution is -2.41. The van der Waals surface area contributed by atoms with Crippen LogP contribution in [0, 0.1) is 0 Å². The molecule has 0 saturated heterocycles. The fourth-order valence-electron chi connectivity index (χ4n) is 0.596. The van der Waals surface area contributed by atoms with Gasteiger partial charge in [-0.15, -0.1) is 0 Å². The summed E-state index contributed by atoms with van der Waals surface area (Å²) in [4.78, 5) is 17.0. The van der Waals surface area contributed by atoms with Crippen LogP contribution in [0.5, 0.6) is 0 Å². The first-order chi connectivity index (χ1) is 4.63. The van der Waals surface area contributed by atoms with E-state index in [2.05, 4.69) is 0 Å². The molecule has 5 nitrogen and oxygen atoms in total. The van der Waals surface area contributed by atoms with E-state index in [1.165, 1.54) is 0 Å². The number of aliphatic hydroxyl groups is 1. The van der Waals surface area contributed by atoms with E-state index in [1.807, 2.05) is 0 Å². The third-order valence-electron chi connectivity index (χ3n) is 1.10. The first kappa shape index (κ1) is 11.1. The summed E-state index contributed by atoms with van der Waals surface area (Å²) < 4.78 is 10.8. The highest BCUT2D eigenvalue weighted by Gasteiger charge is 2.31. The zero-order valence-electron chi connectivity index (χ0n) is 6.93. The van der Waals surface area contributed by atoms with Crippen molar-refractivity contribution in [3.05, 3.63) is 0 Å². The molecule has 0 amide bonds. The van der Waals surface area contributed by atoms with E-state index in [0.29, 0.717) is 4.48 Å². The second kappa shape index (κ2) is 3.21. The van der Waals surface area contributed by atoms with Gasteiger partial charge >= 0.3 is 7.60 Å². The van der Waals surface area contributed by atoms with Gasteiger partial charge in [-0.2, -0.15) is 0 Å². The fourth-order valence-corrected chi connectivity index (χ4v) is 1.30. The highest BCUT2D eigenvalue weighted by Crippen LogP contribution is 2.39. The monoisotopic (exact) mass is 184 g/mol. The van der Waals surface area contributed by atoms with Crippen LogP contribution in [0.1, 0.15) is 0 Å². The molecule has 0 rings (SSSR count). The van der Waals surface area contributed by atoms with Crippen LogP contribution in [-0.4, -0.2) is 52.9 Å². The number of quaternary nitrogens is 1. The van der Waals surface area contributed by atoms with Gasteiger partial charge in [-0.1, -0.05) is 0 Å². The second-order valence-electron chi connectivity index (χ2n) is 3.54. The maximum Gasteiger partial charge on any atom is 0.359 e. The molecule has 0 unspecified atom stereocenters. The Morgan fingerprint density at radius 1 is 1.36 bits per heavy atom. The van der Waals surface area contributed by atoms with Gasteiger partial charge in [0.05, 0.1) is 21.1 Å². The lowest BCUT2D eigenvalue weighted by atomic mass is 10.5. The predicted octanol–water partition coefficient (Wildman–Crippen LogP) is -0.811. The number of hydrogen-bond acceptors (Lipinski definition) is 2. The third kappa shape index (κ3) is 5.35. The van der Waals surface area contributed by atoms with Crippen molar-refractivity contribution in [3.63, 3.8) is 0 Å². The van der Waals surface area contributed by atoms with E-state index in [-0.39, 0.29) is 6.54 Å². The van der Waals surface area contributed by atoms with Gasteiger partial charge in [0.2, 0.25) is 5.85 Å². The molecule has 0 saturated carbocycles. The standard InChI is InChI=1S/C5H14NO4P/c1-6(2,3)4-5(7)11(8,9)10/h5,7H,4H2,1-3H3,(H-,8,9,10)/p+1/t5-/m1/s1. The van der Waals surface area contributed by atoms with Crippen molar-refractivity contribution < 1.29 is 23.9 Å². The lowest BCUT2D eigenvalue weighted by Gasteiger charge is -2.26. The van der Waals surface area contributed by atoms with Gasteiger partial charge in [0, 0.05) is 0 Å². The van der Waals surface area contributed by atoms with Gasteiger partial charge in [0.1, 0.15) is 6.54 Å². The number of likely N-dealkylation sites (N-methyl/N-ethyl adjacent to an activating group) is 1. The van der Waals surface area contributed by atoms with Gasteiger partial charge in [-0.3, -0.25) is 4.57 Å². The van der Waals surface area contributed by atoms with Gasteiger partial charge < -0.3 is 19.4 Å². The van der Waals surface area contributed by atoms with Crippen LogP contribution >= 0.6 is 7.60 Å². The Labute approximate surface area is 66.0 Å². The molecule has 0 radical (unpaired) electrons. The molecule has 6 heteroatoms. The Morgan fingerprint density at radius 2 is 1.73 bits per heavy atom. The zero-order valence-corrected chi connectivity index (χ0v) is 7.82. The summed E-state index contributed by atoms with van der Waals surface area (Å²) in [6.45, 7) is 0.0459. The van der Waals surface area contributed by atoms with E-state index in [1.54, 1.807) is 21.1 Å². The summed E-state index contributed by atoms with van der Waals surface area (Å²) >= 11 is 0. The molecule has 0 aliphatic rings. The summed E-state index contributed by atoms with van der Waals surface area (Å²) in [6.07, 6.45) is 0. The van der Waals surface area contributed by atoms with Crippen molar-refractivity contribution in [3.8, 4) is 0 Å². The summed E-state index contributed by atoms with van der Waals surface area (Å²) in [5, 5.41) is 8.94. The molecule has 68 valence electrons. The number of nitrogens with zero attached hydrogens (tertiary/aromatic N) is 1. The molecule has 0 aliphatic heterocycles. The topological polar surface area (TPSA) is 77.8 Å². The molecule has 0 spiro atoms. The van der Waals surface area contributed by atoms with Crippen molar-refractivity contribution in [1.82, 2.24) is 0 Å². The van der Waals surface area contributed by atoms with E-state index in [4.69, 9.17) is 14.9 Å². The van der Waals surface area contributed by atoms with E-state index in [0.717, 1.165) is 0 Å². The van der Waals surface area contributed by atoms with Crippen molar-refractivity contribution in [2.45, 2.75) is 5.85 Å². The Kier molecular flexibility index (Phi) is 3.23. The second-order valence-corrected chi connectivity index (χ2v) is 5.32. The smallest absolute Gasteiger partial charge is 0.359 e. The first-order valence-corrected chi connectivity index (χ1v) is 4.85. The van der Waals surface area contributed by atoms with Gasteiger partial charge in [-0.05, 0) is 0 Å². The predicted molar refractivity (Wildman–Crippen MR) is 41.0 cm³/mol. The number of rotatable bonds is 3. The van der Waals surface area contributed by atoms with Crippen molar-refractivity contribution >= 4 is 7.60 Å². The minimum atomic E-state index is -4.31. The molecular formula is C5H15NO4P+. The Bertz CT molecular complexity index is 170. The van der Waals surface area contributed by atoms with Gasteiger partial charge in [0.25, 0.3) is 0 Å². The van der Waals surface area contributed by atoms with Crippen LogP contribution in [0.2, 0.25) is 0 Å².